The van der Waals surface area contributed by atoms with Gasteiger partial charge in [-0.05, 0) is 43.4 Å². The number of hydrogen-bond acceptors (Lipinski definition) is 4. The fraction of sp³-hybridized carbons (Fsp3) is 0.263. The van der Waals surface area contributed by atoms with Crippen molar-refractivity contribution in [2.24, 2.45) is 0 Å². The number of esters is 1. The third kappa shape index (κ3) is 6.46. The molecule has 0 aliphatic heterocycles. The third-order valence-corrected chi connectivity index (χ3v) is 4.34. The highest BCUT2D eigenvalue weighted by Gasteiger charge is 2.09. The molecule has 2 aromatic rings. The molecule has 1 amide bonds. The lowest BCUT2D eigenvalue weighted by Gasteiger charge is -2.07. The zero-order valence-electron chi connectivity index (χ0n) is 13.7. The van der Waals surface area contributed by atoms with Gasteiger partial charge in [0.2, 0.25) is 0 Å². The molecule has 0 radical (unpaired) electrons. The van der Waals surface area contributed by atoms with Gasteiger partial charge in [0.25, 0.3) is 5.91 Å². The molecule has 0 saturated carbocycles. The molecule has 1 N–H and O–H groups in total. The van der Waals surface area contributed by atoms with Crippen LogP contribution in [0.5, 0.6) is 0 Å². The van der Waals surface area contributed by atoms with Crippen LogP contribution in [0.1, 0.15) is 22.3 Å². The summed E-state index contributed by atoms with van der Waals surface area (Å²) in [6.45, 7) is 2.22. The van der Waals surface area contributed by atoms with Crippen LogP contribution in [-0.2, 0) is 9.53 Å². The van der Waals surface area contributed by atoms with Crippen LogP contribution in [0.15, 0.2) is 59.5 Å². The first-order valence-electron chi connectivity index (χ1n) is 7.83. The van der Waals surface area contributed by atoms with Crippen molar-refractivity contribution in [2.75, 3.05) is 18.9 Å². The molecular weight excluding hydrogens is 322 g/mol. The second-order valence-corrected chi connectivity index (χ2v) is 6.48. The first-order valence-corrected chi connectivity index (χ1v) is 8.82. The maximum Gasteiger partial charge on any atom is 0.338 e. The average Bonchev–Trinajstić information content (AvgIpc) is 2.60. The molecule has 5 heteroatoms. The Morgan fingerprint density at radius 3 is 2.62 bits per heavy atom. The molecule has 2 aromatic carbocycles. The molecular formula is C19H21NO3S. The van der Waals surface area contributed by atoms with E-state index in [-0.39, 0.29) is 12.5 Å². The highest BCUT2D eigenvalue weighted by Crippen LogP contribution is 2.17. The number of rotatable bonds is 8. The number of carbonyl (C=O) groups excluding carboxylic acids is 2. The lowest BCUT2D eigenvalue weighted by molar-refractivity contribution is -0.124. The van der Waals surface area contributed by atoms with Crippen LogP contribution in [0.3, 0.4) is 0 Å². The molecule has 2 rings (SSSR count). The van der Waals surface area contributed by atoms with Crippen LogP contribution in [0.4, 0.5) is 0 Å². The van der Waals surface area contributed by atoms with Crippen LogP contribution in [-0.4, -0.2) is 30.8 Å². The Bertz CT molecular complexity index is 673. The Balaban J connectivity index is 1.59. The lowest BCUT2D eigenvalue weighted by atomic mass is 10.1. The Hall–Kier alpha value is -2.27. The molecule has 126 valence electrons. The van der Waals surface area contributed by atoms with E-state index in [9.17, 15) is 9.59 Å². The molecule has 0 fully saturated rings. The zero-order valence-corrected chi connectivity index (χ0v) is 14.5. The van der Waals surface area contributed by atoms with Gasteiger partial charge in [0.1, 0.15) is 0 Å². The SMILES string of the molecule is Cc1cccc(C(=O)OCC(=O)NCCCSc2ccccc2)c1. The van der Waals surface area contributed by atoms with Crippen molar-refractivity contribution in [1.29, 1.82) is 0 Å². The van der Waals surface area contributed by atoms with Gasteiger partial charge in [-0.25, -0.2) is 4.79 Å². The number of thioether (sulfide) groups is 1. The van der Waals surface area contributed by atoms with E-state index in [0.29, 0.717) is 12.1 Å². The van der Waals surface area contributed by atoms with E-state index in [1.54, 1.807) is 30.0 Å². The fourth-order valence-corrected chi connectivity index (χ4v) is 2.92. The number of amides is 1. The Morgan fingerprint density at radius 2 is 1.88 bits per heavy atom. The predicted octanol–water partition coefficient (Wildman–Crippen LogP) is 3.45. The Kier molecular flexibility index (Phi) is 7.36. The molecule has 0 aliphatic rings. The number of benzene rings is 2. The summed E-state index contributed by atoms with van der Waals surface area (Å²) in [5, 5.41) is 2.76. The first kappa shape index (κ1) is 18.1. The van der Waals surface area contributed by atoms with Crippen molar-refractivity contribution in [3.63, 3.8) is 0 Å². The van der Waals surface area contributed by atoms with Crippen LogP contribution in [0.2, 0.25) is 0 Å². The third-order valence-electron chi connectivity index (χ3n) is 3.24. The minimum atomic E-state index is -0.478. The summed E-state index contributed by atoms with van der Waals surface area (Å²) in [5.74, 6) is 0.169. The van der Waals surface area contributed by atoms with Gasteiger partial charge in [0, 0.05) is 11.4 Å². The van der Waals surface area contributed by atoms with Gasteiger partial charge < -0.3 is 10.1 Å². The molecule has 0 aliphatic carbocycles. The smallest absolute Gasteiger partial charge is 0.338 e. The van der Waals surface area contributed by atoms with E-state index in [2.05, 4.69) is 17.4 Å². The summed E-state index contributed by atoms with van der Waals surface area (Å²) in [4.78, 5) is 24.7. The minimum Gasteiger partial charge on any atom is -0.452 e. The normalized spacial score (nSPS) is 10.2. The van der Waals surface area contributed by atoms with Gasteiger partial charge in [0.15, 0.2) is 6.61 Å². The van der Waals surface area contributed by atoms with Gasteiger partial charge in [-0.3, -0.25) is 4.79 Å². The van der Waals surface area contributed by atoms with Gasteiger partial charge in [-0.15, -0.1) is 11.8 Å². The molecule has 0 bridgehead atoms. The van der Waals surface area contributed by atoms with Gasteiger partial charge in [-0.1, -0.05) is 35.9 Å². The molecule has 0 aromatic heterocycles. The van der Waals surface area contributed by atoms with Crippen molar-refractivity contribution in [3.05, 3.63) is 65.7 Å². The van der Waals surface area contributed by atoms with Crippen LogP contribution in [0, 0.1) is 6.92 Å². The summed E-state index contributed by atoms with van der Waals surface area (Å²) in [7, 11) is 0. The Labute approximate surface area is 146 Å². The van der Waals surface area contributed by atoms with Crippen molar-refractivity contribution in [3.8, 4) is 0 Å². The van der Waals surface area contributed by atoms with Crippen LogP contribution < -0.4 is 5.32 Å². The molecule has 4 nitrogen and oxygen atoms in total. The van der Waals surface area contributed by atoms with Gasteiger partial charge >= 0.3 is 5.97 Å². The molecule has 0 saturated heterocycles. The predicted molar refractivity (Wildman–Crippen MR) is 96.3 cm³/mol. The van der Waals surface area contributed by atoms with Gasteiger partial charge in [-0.2, -0.15) is 0 Å². The maximum atomic E-state index is 11.8. The number of aryl methyl sites for hydroxylation is 1. The van der Waals surface area contributed by atoms with E-state index in [1.165, 1.54) is 4.90 Å². The van der Waals surface area contributed by atoms with Crippen LogP contribution in [0.25, 0.3) is 0 Å². The summed E-state index contributed by atoms with van der Waals surface area (Å²) in [6.07, 6.45) is 0.858. The van der Waals surface area contributed by atoms with E-state index in [1.807, 2.05) is 31.2 Å². The summed E-state index contributed by atoms with van der Waals surface area (Å²) >= 11 is 1.75. The lowest BCUT2D eigenvalue weighted by Crippen LogP contribution is -2.29. The number of ether oxygens (including phenoxy) is 1. The summed E-state index contributed by atoms with van der Waals surface area (Å²) in [5.41, 5.74) is 1.44. The van der Waals surface area contributed by atoms with Crippen LogP contribution >= 0.6 is 11.8 Å². The minimum absolute atomic E-state index is 0.251. The average molecular weight is 343 g/mol. The monoisotopic (exact) mass is 343 g/mol. The van der Waals surface area contributed by atoms with E-state index >= 15 is 0 Å². The number of carbonyl (C=O) groups is 2. The van der Waals surface area contributed by atoms with Crippen molar-refractivity contribution < 1.29 is 14.3 Å². The molecule has 0 atom stereocenters. The van der Waals surface area contributed by atoms with Gasteiger partial charge in [0.05, 0.1) is 5.56 Å². The standard InChI is InChI=1S/C19H21NO3S/c1-15-7-5-8-16(13-15)19(22)23-14-18(21)20-11-6-12-24-17-9-3-2-4-10-17/h2-5,7-10,13H,6,11-12,14H2,1H3,(H,20,21). The first-order chi connectivity index (χ1) is 11.6. The van der Waals surface area contributed by atoms with Crippen molar-refractivity contribution in [1.82, 2.24) is 5.32 Å². The second-order valence-electron chi connectivity index (χ2n) is 5.31. The molecule has 0 spiro atoms. The summed E-state index contributed by atoms with van der Waals surface area (Å²) < 4.78 is 5.02. The Morgan fingerprint density at radius 1 is 1.08 bits per heavy atom. The molecule has 0 unspecified atom stereocenters. The molecule has 0 heterocycles. The maximum absolute atomic E-state index is 11.8. The highest BCUT2D eigenvalue weighted by atomic mass is 32.2. The van der Waals surface area contributed by atoms with E-state index in [0.717, 1.165) is 17.7 Å². The number of nitrogens with one attached hydrogen (secondary N) is 1. The van der Waals surface area contributed by atoms with E-state index < -0.39 is 5.97 Å². The van der Waals surface area contributed by atoms with Crippen molar-refractivity contribution >= 4 is 23.6 Å². The van der Waals surface area contributed by atoms with E-state index in [4.69, 9.17) is 4.74 Å². The second kappa shape index (κ2) is 9.78. The molecule has 24 heavy (non-hydrogen) atoms. The number of hydrogen-bond donors (Lipinski definition) is 1. The van der Waals surface area contributed by atoms with Crippen molar-refractivity contribution in [2.45, 2.75) is 18.2 Å². The largest absolute Gasteiger partial charge is 0.452 e. The fourth-order valence-electron chi connectivity index (χ4n) is 2.04. The quantitative estimate of drug-likeness (QED) is 0.453. The zero-order chi connectivity index (χ0) is 17.2. The topological polar surface area (TPSA) is 55.4 Å². The highest BCUT2D eigenvalue weighted by molar-refractivity contribution is 7.99. The summed E-state index contributed by atoms with van der Waals surface area (Å²) in [6, 6.07) is 17.2.